The molecule has 1 amide bonds. The van der Waals surface area contributed by atoms with Gasteiger partial charge in [0.15, 0.2) is 0 Å². The molecule has 1 N–H and O–H groups in total. The highest BCUT2D eigenvalue weighted by molar-refractivity contribution is 5.97. The number of likely N-dealkylation sites (tertiary alicyclic amines) is 1. The first-order chi connectivity index (χ1) is 11.1. The van der Waals surface area contributed by atoms with E-state index in [1.165, 1.54) is 19.4 Å². The van der Waals surface area contributed by atoms with Crippen molar-refractivity contribution in [1.29, 1.82) is 0 Å². The highest BCUT2D eigenvalue weighted by atomic mass is 16.5. The molecule has 23 heavy (non-hydrogen) atoms. The zero-order valence-corrected chi connectivity index (χ0v) is 13.0. The van der Waals surface area contributed by atoms with Gasteiger partial charge in [-0.25, -0.2) is 0 Å². The number of amides is 1. The standard InChI is InChI=1S/C17H18N2O4/c1-22-14-8-15(20)18-9-13(14)16(21)19-10-17(11-19,23-2)12-6-4-3-5-7-12/h3-9H,10-11H2,1-2H3,(H,18,20). The number of nitrogens with one attached hydrogen (secondary N) is 1. The molecule has 1 aliphatic rings. The Kier molecular flexibility index (Phi) is 3.92. The minimum absolute atomic E-state index is 0.193. The minimum atomic E-state index is -0.480. The number of H-pyrrole nitrogens is 1. The molecular formula is C17H18N2O4. The quantitative estimate of drug-likeness (QED) is 0.925. The van der Waals surface area contributed by atoms with Crippen LogP contribution in [0.3, 0.4) is 0 Å². The molecule has 0 unspecified atom stereocenters. The Labute approximate surface area is 133 Å². The lowest BCUT2D eigenvalue weighted by atomic mass is 9.85. The molecule has 1 aliphatic heterocycles. The highest BCUT2D eigenvalue weighted by Gasteiger charge is 2.47. The number of pyridine rings is 1. The van der Waals surface area contributed by atoms with Gasteiger partial charge in [0, 0.05) is 19.4 Å². The molecule has 1 saturated heterocycles. The molecule has 0 aliphatic carbocycles. The Morgan fingerprint density at radius 1 is 1.22 bits per heavy atom. The summed E-state index contributed by atoms with van der Waals surface area (Å²) in [4.78, 5) is 28.1. The molecule has 1 fully saturated rings. The fraction of sp³-hybridized carbons (Fsp3) is 0.294. The van der Waals surface area contributed by atoms with Crippen molar-refractivity contribution >= 4 is 5.91 Å². The molecule has 1 aromatic heterocycles. The molecule has 0 radical (unpaired) electrons. The number of methoxy groups -OCH3 is 2. The first-order valence-electron chi connectivity index (χ1n) is 7.26. The highest BCUT2D eigenvalue weighted by Crippen LogP contribution is 2.36. The second kappa shape index (κ2) is 5.89. The van der Waals surface area contributed by atoms with E-state index in [-0.39, 0.29) is 17.2 Å². The van der Waals surface area contributed by atoms with Crippen LogP contribution in [0.15, 0.2) is 47.4 Å². The van der Waals surface area contributed by atoms with E-state index in [4.69, 9.17) is 9.47 Å². The lowest BCUT2D eigenvalue weighted by molar-refractivity contribution is -0.114. The Balaban J connectivity index is 1.81. The van der Waals surface area contributed by atoms with Gasteiger partial charge in [0.05, 0.1) is 25.8 Å². The topological polar surface area (TPSA) is 71.6 Å². The summed E-state index contributed by atoms with van der Waals surface area (Å²) in [6.45, 7) is 0.906. The number of carbonyl (C=O) groups excluding carboxylic acids is 1. The molecule has 6 nitrogen and oxygen atoms in total. The van der Waals surface area contributed by atoms with Gasteiger partial charge in [-0.3, -0.25) is 9.59 Å². The fourth-order valence-electron chi connectivity index (χ4n) is 2.84. The Hall–Kier alpha value is -2.60. The van der Waals surface area contributed by atoms with Crippen LogP contribution < -0.4 is 10.3 Å². The lowest BCUT2D eigenvalue weighted by Crippen LogP contribution is -2.62. The van der Waals surface area contributed by atoms with E-state index in [9.17, 15) is 9.59 Å². The Morgan fingerprint density at radius 3 is 2.52 bits per heavy atom. The number of rotatable bonds is 4. The van der Waals surface area contributed by atoms with Crippen LogP contribution >= 0.6 is 0 Å². The van der Waals surface area contributed by atoms with Crippen molar-refractivity contribution in [1.82, 2.24) is 9.88 Å². The van der Waals surface area contributed by atoms with Crippen LogP contribution in [-0.2, 0) is 10.3 Å². The van der Waals surface area contributed by atoms with Crippen molar-refractivity contribution in [3.05, 3.63) is 64.1 Å². The van der Waals surface area contributed by atoms with Crippen molar-refractivity contribution in [2.75, 3.05) is 27.3 Å². The molecule has 0 spiro atoms. The fourth-order valence-corrected chi connectivity index (χ4v) is 2.84. The molecule has 1 aromatic carbocycles. The average Bonchev–Trinajstić information content (AvgIpc) is 2.55. The molecule has 2 aromatic rings. The first-order valence-corrected chi connectivity index (χ1v) is 7.26. The predicted octanol–water partition coefficient (Wildman–Crippen LogP) is 1.38. The van der Waals surface area contributed by atoms with Gasteiger partial charge in [-0.15, -0.1) is 0 Å². The third-order valence-electron chi connectivity index (χ3n) is 4.21. The maximum absolute atomic E-state index is 12.6. The van der Waals surface area contributed by atoms with Crippen molar-refractivity contribution in [2.45, 2.75) is 5.60 Å². The van der Waals surface area contributed by atoms with Gasteiger partial charge in [-0.2, -0.15) is 0 Å². The van der Waals surface area contributed by atoms with E-state index in [1.54, 1.807) is 12.0 Å². The van der Waals surface area contributed by atoms with E-state index >= 15 is 0 Å². The monoisotopic (exact) mass is 314 g/mol. The summed E-state index contributed by atoms with van der Waals surface area (Å²) in [5.41, 5.74) is 0.592. The summed E-state index contributed by atoms with van der Waals surface area (Å²) in [5, 5.41) is 0. The zero-order chi connectivity index (χ0) is 16.4. The summed E-state index contributed by atoms with van der Waals surface area (Å²) in [7, 11) is 3.08. The van der Waals surface area contributed by atoms with Crippen LogP contribution in [0.5, 0.6) is 5.75 Å². The van der Waals surface area contributed by atoms with Crippen LogP contribution in [0.4, 0.5) is 0 Å². The van der Waals surface area contributed by atoms with E-state index in [2.05, 4.69) is 4.98 Å². The number of hydrogen-bond acceptors (Lipinski definition) is 4. The molecule has 2 heterocycles. The first kappa shape index (κ1) is 15.3. The predicted molar refractivity (Wildman–Crippen MR) is 84.6 cm³/mol. The summed E-state index contributed by atoms with van der Waals surface area (Å²) in [6.07, 6.45) is 1.39. The van der Waals surface area contributed by atoms with Gasteiger partial charge in [-0.1, -0.05) is 30.3 Å². The summed E-state index contributed by atoms with van der Waals surface area (Å²) in [5.74, 6) is 0.0788. The third kappa shape index (κ3) is 2.61. The maximum atomic E-state index is 12.6. The normalized spacial score (nSPS) is 15.8. The van der Waals surface area contributed by atoms with Crippen LogP contribution in [0.25, 0.3) is 0 Å². The lowest BCUT2D eigenvalue weighted by Gasteiger charge is -2.49. The number of aromatic amines is 1. The van der Waals surface area contributed by atoms with E-state index in [0.717, 1.165) is 5.56 Å². The van der Waals surface area contributed by atoms with Crippen LogP contribution in [-0.4, -0.2) is 43.1 Å². The van der Waals surface area contributed by atoms with E-state index < -0.39 is 5.60 Å². The molecule has 0 bridgehead atoms. The molecule has 3 rings (SSSR count). The molecule has 120 valence electrons. The smallest absolute Gasteiger partial charge is 0.259 e. The van der Waals surface area contributed by atoms with Gasteiger partial charge in [0.2, 0.25) is 0 Å². The van der Waals surface area contributed by atoms with Gasteiger partial charge in [0.1, 0.15) is 11.4 Å². The maximum Gasteiger partial charge on any atom is 0.259 e. The van der Waals surface area contributed by atoms with Crippen molar-refractivity contribution < 1.29 is 14.3 Å². The van der Waals surface area contributed by atoms with Gasteiger partial charge >= 0.3 is 0 Å². The van der Waals surface area contributed by atoms with Gasteiger partial charge in [0.25, 0.3) is 11.5 Å². The Bertz CT molecular complexity index is 764. The van der Waals surface area contributed by atoms with Crippen molar-refractivity contribution in [3.63, 3.8) is 0 Å². The number of ether oxygens (including phenoxy) is 2. The number of benzene rings is 1. The summed E-state index contributed by atoms with van der Waals surface area (Å²) >= 11 is 0. The molecular weight excluding hydrogens is 296 g/mol. The summed E-state index contributed by atoms with van der Waals surface area (Å²) < 4.78 is 10.8. The Morgan fingerprint density at radius 2 is 1.91 bits per heavy atom. The molecule has 0 saturated carbocycles. The number of carbonyl (C=O) groups is 1. The molecule has 6 heteroatoms. The van der Waals surface area contributed by atoms with Gasteiger partial charge < -0.3 is 19.4 Å². The van der Waals surface area contributed by atoms with Crippen molar-refractivity contribution in [3.8, 4) is 5.75 Å². The number of nitrogens with zero attached hydrogens (tertiary/aromatic N) is 1. The second-order valence-electron chi connectivity index (χ2n) is 5.50. The number of aromatic nitrogens is 1. The van der Waals surface area contributed by atoms with Crippen molar-refractivity contribution in [2.24, 2.45) is 0 Å². The van der Waals surface area contributed by atoms with Crippen LogP contribution in [0.2, 0.25) is 0 Å². The SMILES string of the molecule is COc1cc(=O)[nH]cc1C(=O)N1CC(OC)(c2ccccc2)C1. The van der Waals surface area contributed by atoms with Gasteiger partial charge in [-0.05, 0) is 5.56 Å². The van der Waals surface area contributed by atoms with E-state index in [0.29, 0.717) is 18.7 Å². The second-order valence-corrected chi connectivity index (χ2v) is 5.50. The van der Waals surface area contributed by atoms with E-state index in [1.807, 2.05) is 30.3 Å². The number of hydrogen-bond donors (Lipinski definition) is 1. The largest absolute Gasteiger partial charge is 0.496 e. The zero-order valence-electron chi connectivity index (χ0n) is 13.0. The minimum Gasteiger partial charge on any atom is -0.496 e. The molecule has 0 atom stereocenters. The summed E-state index contributed by atoms with van der Waals surface area (Å²) in [6, 6.07) is 11.1. The third-order valence-corrected chi connectivity index (χ3v) is 4.21. The van der Waals surface area contributed by atoms with Crippen LogP contribution in [0.1, 0.15) is 15.9 Å². The van der Waals surface area contributed by atoms with Crippen LogP contribution in [0, 0.1) is 0 Å². The average molecular weight is 314 g/mol.